The zero-order chi connectivity index (χ0) is 13.2. The Kier molecular flexibility index (Phi) is 2.93. The maximum atomic E-state index is 6.17. The Morgan fingerprint density at radius 3 is 2.63 bits per heavy atom. The molecule has 0 saturated carbocycles. The molecule has 0 fully saturated rings. The van der Waals surface area contributed by atoms with Crippen molar-refractivity contribution in [2.45, 2.75) is 0 Å². The molecular formula is C14H11ClN4. The molecule has 19 heavy (non-hydrogen) atoms. The smallest absolute Gasteiger partial charge is 0.153 e. The van der Waals surface area contributed by atoms with Gasteiger partial charge >= 0.3 is 0 Å². The second-order valence-corrected chi connectivity index (χ2v) is 4.51. The standard InChI is InChI=1S/C14H11ClN4/c15-13-4-2-1-3-12(13)10-7-18-19(9-10)14-6-5-11(16)8-17-14/h1-9H,16H2. The van der Waals surface area contributed by atoms with Gasteiger partial charge in [-0.25, -0.2) is 9.67 Å². The van der Waals surface area contributed by atoms with Gasteiger partial charge in [0.1, 0.15) is 0 Å². The molecule has 2 heterocycles. The van der Waals surface area contributed by atoms with E-state index in [2.05, 4.69) is 10.1 Å². The van der Waals surface area contributed by atoms with E-state index in [0.717, 1.165) is 11.1 Å². The van der Waals surface area contributed by atoms with E-state index in [4.69, 9.17) is 17.3 Å². The Morgan fingerprint density at radius 1 is 1.05 bits per heavy atom. The fourth-order valence-electron chi connectivity index (χ4n) is 1.82. The van der Waals surface area contributed by atoms with Gasteiger partial charge < -0.3 is 5.73 Å². The molecule has 0 unspecified atom stereocenters. The Morgan fingerprint density at radius 2 is 1.89 bits per heavy atom. The van der Waals surface area contributed by atoms with Gasteiger partial charge in [0.15, 0.2) is 5.82 Å². The molecule has 0 amide bonds. The summed E-state index contributed by atoms with van der Waals surface area (Å²) in [6.45, 7) is 0. The molecule has 0 spiro atoms. The largest absolute Gasteiger partial charge is 0.397 e. The van der Waals surface area contributed by atoms with Gasteiger partial charge in [0, 0.05) is 22.3 Å². The van der Waals surface area contributed by atoms with E-state index in [-0.39, 0.29) is 0 Å². The van der Waals surface area contributed by atoms with Crippen LogP contribution in [0, 0.1) is 0 Å². The first-order valence-electron chi connectivity index (χ1n) is 5.75. The van der Waals surface area contributed by atoms with Gasteiger partial charge in [-0.15, -0.1) is 0 Å². The van der Waals surface area contributed by atoms with E-state index in [1.807, 2.05) is 36.5 Å². The SMILES string of the molecule is Nc1ccc(-n2cc(-c3ccccc3Cl)cn2)nc1. The number of benzene rings is 1. The second kappa shape index (κ2) is 4.74. The summed E-state index contributed by atoms with van der Waals surface area (Å²) in [4.78, 5) is 4.22. The number of hydrogen-bond donors (Lipinski definition) is 1. The molecule has 0 aliphatic carbocycles. The Balaban J connectivity index is 2.00. The van der Waals surface area contributed by atoms with Crippen molar-refractivity contribution < 1.29 is 0 Å². The summed E-state index contributed by atoms with van der Waals surface area (Å²) in [5.74, 6) is 0.715. The maximum Gasteiger partial charge on any atom is 0.153 e. The zero-order valence-corrected chi connectivity index (χ0v) is 10.7. The van der Waals surface area contributed by atoms with Crippen LogP contribution in [0.1, 0.15) is 0 Å². The van der Waals surface area contributed by atoms with Crippen LogP contribution in [0.5, 0.6) is 0 Å². The molecule has 5 heteroatoms. The Labute approximate surface area is 115 Å². The van der Waals surface area contributed by atoms with E-state index >= 15 is 0 Å². The van der Waals surface area contributed by atoms with Crippen LogP contribution < -0.4 is 5.73 Å². The van der Waals surface area contributed by atoms with Crippen LogP contribution in [0.2, 0.25) is 5.02 Å². The molecule has 1 aromatic carbocycles. The third-order valence-corrected chi connectivity index (χ3v) is 3.10. The number of hydrogen-bond acceptors (Lipinski definition) is 3. The van der Waals surface area contributed by atoms with Gasteiger partial charge in [-0.2, -0.15) is 5.10 Å². The average Bonchev–Trinajstić information content (AvgIpc) is 2.89. The molecule has 3 rings (SSSR count). The summed E-state index contributed by atoms with van der Waals surface area (Å²) in [5, 5.41) is 4.99. The highest BCUT2D eigenvalue weighted by Gasteiger charge is 2.06. The van der Waals surface area contributed by atoms with E-state index in [1.54, 1.807) is 23.1 Å². The van der Waals surface area contributed by atoms with Crippen molar-refractivity contribution in [1.82, 2.24) is 14.8 Å². The molecule has 0 bridgehead atoms. The summed E-state index contributed by atoms with van der Waals surface area (Å²) in [6, 6.07) is 11.3. The Bertz CT molecular complexity index is 703. The van der Waals surface area contributed by atoms with Crippen molar-refractivity contribution in [2.75, 3.05) is 5.73 Å². The maximum absolute atomic E-state index is 6.17. The molecule has 3 aromatic rings. The van der Waals surface area contributed by atoms with Gasteiger partial charge in [-0.3, -0.25) is 0 Å². The minimum absolute atomic E-state index is 0.627. The third kappa shape index (κ3) is 2.30. The van der Waals surface area contributed by atoms with Crippen LogP contribution in [-0.2, 0) is 0 Å². The molecule has 0 aliphatic rings. The van der Waals surface area contributed by atoms with Crippen LogP contribution in [0.25, 0.3) is 16.9 Å². The van der Waals surface area contributed by atoms with Crippen molar-refractivity contribution in [3.63, 3.8) is 0 Å². The molecule has 94 valence electrons. The summed E-state index contributed by atoms with van der Waals surface area (Å²) in [7, 11) is 0. The average molecular weight is 271 g/mol. The Hall–Kier alpha value is -2.33. The van der Waals surface area contributed by atoms with Crippen LogP contribution in [0.15, 0.2) is 55.0 Å². The number of nitrogen functional groups attached to an aromatic ring is 1. The van der Waals surface area contributed by atoms with Crippen molar-refractivity contribution in [1.29, 1.82) is 0 Å². The topological polar surface area (TPSA) is 56.7 Å². The predicted octanol–water partition coefficient (Wildman–Crippen LogP) is 3.17. The van der Waals surface area contributed by atoms with Crippen LogP contribution in [0.4, 0.5) is 5.69 Å². The van der Waals surface area contributed by atoms with Gasteiger partial charge in [-0.05, 0) is 18.2 Å². The minimum Gasteiger partial charge on any atom is -0.397 e. The van der Waals surface area contributed by atoms with Gasteiger partial charge in [0.2, 0.25) is 0 Å². The summed E-state index contributed by atoms with van der Waals surface area (Å²) in [6.07, 6.45) is 5.26. The highest BCUT2D eigenvalue weighted by molar-refractivity contribution is 6.33. The van der Waals surface area contributed by atoms with E-state index in [0.29, 0.717) is 16.5 Å². The van der Waals surface area contributed by atoms with E-state index in [1.165, 1.54) is 0 Å². The van der Waals surface area contributed by atoms with Crippen molar-refractivity contribution in [3.8, 4) is 16.9 Å². The van der Waals surface area contributed by atoms with E-state index < -0.39 is 0 Å². The first-order valence-corrected chi connectivity index (χ1v) is 6.13. The number of nitrogens with two attached hydrogens (primary N) is 1. The van der Waals surface area contributed by atoms with Gasteiger partial charge in [-0.1, -0.05) is 29.8 Å². The normalized spacial score (nSPS) is 10.6. The highest BCUT2D eigenvalue weighted by Crippen LogP contribution is 2.27. The van der Waals surface area contributed by atoms with Crippen LogP contribution >= 0.6 is 11.6 Å². The van der Waals surface area contributed by atoms with Crippen molar-refractivity contribution in [3.05, 3.63) is 60.0 Å². The number of nitrogens with zero attached hydrogens (tertiary/aromatic N) is 3. The minimum atomic E-state index is 0.627. The number of aromatic nitrogens is 3. The molecule has 2 N–H and O–H groups in total. The summed E-state index contributed by atoms with van der Waals surface area (Å²) >= 11 is 6.17. The number of pyridine rings is 1. The molecule has 4 nitrogen and oxygen atoms in total. The lowest BCUT2D eigenvalue weighted by Crippen LogP contribution is -1.98. The molecule has 0 aliphatic heterocycles. The molecular weight excluding hydrogens is 260 g/mol. The fraction of sp³-hybridized carbons (Fsp3) is 0. The molecule has 2 aromatic heterocycles. The number of rotatable bonds is 2. The molecule has 0 saturated heterocycles. The zero-order valence-electron chi connectivity index (χ0n) is 9.99. The lowest BCUT2D eigenvalue weighted by atomic mass is 10.1. The van der Waals surface area contributed by atoms with Gasteiger partial charge in [0.25, 0.3) is 0 Å². The summed E-state index contributed by atoms with van der Waals surface area (Å²) < 4.78 is 1.69. The van der Waals surface area contributed by atoms with Crippen LogP contribution in [-0.4, -0.2) is 14.8 Å². The number of halogens is 1. The first kappa shape index (κ1) is 11.7. The quantitative estimate of drug-likeness (QED) is 0.778. The molecule has 0 radical (unpaired) electrons. The van der Waals surface area contributed by atoms with Crippen molar-refractivity contribution in [2.24, 2.45) is 0 Å². The lowest BCUT2D eigenvalue weighted by Gasteiger charge is -2.01. The molecule has 0 atom stereocenters. The summed E-state index contributed by atoms with van der Waals surface area (Å²) in [5.41, 5.74) is 8.14. The fourth-order valence-corrected chi connectivity index (χ4v) is 2.06. The first-order chi connectivity index (χ1) is 9.24. The van der Waals surface area contributed by atoms with Crippen LogP contribution in [0.3, 0.4) is 0 Å². The van der Waals surface area contributed by atoms with Gasteiger partial charge in [0.05, 0.1) is 18.1 Å². The van der Waals surface area contributed by atoms with Crippen molar-refractivity contribution >= 4 is 17.3 Å². The highest BCUT2D eigenvalue weighted by atomic mass is 35.5. The number of anilines is 1. The van der Waals surface area contributed by atoms with E-state index in [9.17, 15) is 0 Å². The lowest BCUT2D eigenvalue weighted by molar-refractivity contribution is 0.847. The monoisotopic (exact) mass is 270 g/mol. The third-order valence-electron chi connectivity index (χ3n) is 2.77. The second-order valence-electron chi connectivity index (χ2n) is 4.10. The predicted molar refractivity (Wildman–Crippen MR) is 76.2 cm³/mol.